The summed E-state index contributed by atoms with van der Waals surface area (Å²) in [5.41, 5.74) is 2.16. The number of anilines is 1. The Morgan fingerprint density at radius 1 is 1.19 bits per heavy atom. The van der Waals surface area contributed by atoms with Crippen LogP contribution in [0.2, 0.25) is 0 Å². The lowest BCUT2D eigenvalue weighted by atomic mass is 9.47. The summed E-state index contributed by atoms with van der Waals surface area (Å²) in [7, 11) is 0. The molecule has 5 heteroatoms. The number of Topliss-reactive ketones (excluding diaryl/α,β-unsaturated/α-hetero) is 1. The second-order valence-corrected chi connectivity index (χ2v) is 10.8. The van der Waals surface area contributed by atoms with Gasteiger partial charge >= 0.3 is 5.97 Å². The lowest BCUT2D eigenvalue weighted by Gasteiger charge is -2.57. The van der Waals surface area contributed by atoms with Crippen LogP contribution >= 0.6 is 0 Å². The number of nitrogens with one attached hydrogen (secondary N) is 1. The molecular weight excluding hydrogens is 390 g/mol. The monoisotopic (exact) mass is 423 g/mol. The summed E-state index contributed by atoms with van der Waals surface area (Å²) in [6, 6.07) is 7.23. The summed E-state index contributed by atoms with van der Waals surface area (Å²) in [5, 5.41) is 23.8. The first-order valence-electron chi connectivity index (χ1n) is 11.7. The van der Waals surface area contributed by atoms with E-state index in [1.807, 2.05) is 31.2 Å². The lowest BCUT2D eigenvalue weighted by Crippen LogP contribution is -2.54. The molecule has 2 saturated carbocycles. The van der Waals surface area contributed by atoms with Gasteiger partial charge in [-0.1, -0.05) is 30.7 Å². The molecule has 0 amide bonds. The number of carboxylic acid groups (broad SMARTS) is 1. The molecule has 3 aliphatic carbocycles. The first-order chi connectivity index (χ1) is 14.7. The molecule has 1 heterocycles. The number of benzene rings is 1. The average Bonchev–Trinajstić information content (AvgIpc) is 3.06. The van der Waals surface area contributed by atoms with Crippen LogP contribution in [-0.2, 0) is 4.79 Å². The normalized spacial score (nSPS) is 41.5. The first kappa shape index (κ1) is 20.7. The molecule has 0 spiro atoms. The van der Waals surface area contributed by atoms with Crippen LogP contribution in [0.25, 0.3) is 0 Å². The third-order valence-corrected chi connectivity index (χ3v) is 9.28. The Morgan fingerprint density at radius 3 is 2.71 bits per heavy atom. The van der Waals surface area contributed by atoms with Crippen molar-refractivity contribution < 1.29 is 19.8 Å². The van der Waals surface area contributed by atoms with Gasteiger partial charge in [-0.15, -0.1) is 0 Å². The van der Waals surface area contributed by atoms with Crippen molar-refractivity contribution in [3.8, 4) is 0 Å². The largest absolute Gasteiger partial charge is 0.481 e. The van der Waals surface area contributed by atoms with E-state index in [0.717, 1.165) is 43.4 Å². The number of carboxylic acids is 1. The van der Waals surface area contributed by atoms with Gasteiger partial charge in [0.2, 0.25) is 0 Å². The molecule has 7 atom stereocenters. The summed E-state index contributed by atoms with van der Waals surface area (Å²) in [6.07, 6.45) is 7.52. The zero-order valence-electron chi connectivity index (χ0n) is 18.4. The van der Waals surface area contributed by atoms with Gasteiger partial charge in [0.1, 0.15) is 0 Å². The number of ketones is 1. The van der Waals surface area contributed by atoms with Gasteiger partial charge in [-0.2, -0.15) is 0 Å². The maximum Gasteiger partial charge on any atom is 0.309 e. The Hall–Kier alpha value is -2.14. The Kier molecular flexibility index (Phi) is 4.81. The quantitative estimate of drug-likeness (QED) is 0.615. The Morgan fingerprint density at radius 2 is 1.97 bits per heavy atom. The van der Waals surface area contributed by atoms with Crippen LogP contribution in [0.15, 0.2) is 35.9 Å². The van der Waals surface area contributed by atoms with E-state index >= 15 is 0 Å². The van der Waals surface area contributed by atoms with E-state index in [1.165, 1.54) is 5.57 Å². The molecular formula is C26H33NO4. The highest BCUT2D eigenvalue weighted by atomic mass is 16.4. The van der Waals surface area contributed by atoms with E-state index in [2.05, 4.69) is 18.3 Å². The predicted molar refractivity (Wildman–Crippen MR) is 119 cm³/mol. The number of hydrogen-bond acceptors (Lipinski definition) is 4. The Bertz CT molecular complexity index is 954. The molecule has 0 bridgehead atoms. The van der Waals surface area contributed by atoms with E-state index in [9.17, 15) is 19.8 Å². The van der Waals surface area contributed by atoms with E-state index in [0.29, 0.717) is 18.8 Å². The topological polar surface area (TPSA) is 86.6 Å². The minimum Gasteiger partial charge on any atom is -0.481 e. The third-order valence-electron chi connectivity index (χ3n) is 9.28. The summed E-state index contributed by atoms with van der Waals surface area (Å²) in [4.78, 5) is 25.6. The smallest absolute Gasteiger partial charge is 0.309 e. The summed E-state index contributed by atoms with van der Waals surface area (Å²) < 4.78 is 0. The Balaban J connectivity index is 1.48. The van der Waals surface area contributed by atoms with Crippen molar-refractivity contribution in [3.05, 3.63) is 41.5 Å². The minimum atomic E-state index is -0.826. The molecule has 5 nitrogen and oxygen atoms in total. The van der Waals surface area contributed by atoms with E-state index in [-0.39, 0.29) is 35.2 Å². The first-order valence-corrected chi connectivity index (χ1v) is 11.7. The zero-order chi connectivity index (χ0) is 22.0. The maximum absolute atomic E-state index is 13.1. The fraction of sp³-hybridized carbons (Fsp3) is 0.615. The number of carbonyl (C=O) groups excluding carboxylic acids is 1. The molecule has 3 N–H and O–H groups in total. The number of carbonyl (C=O) groups is 2. The van der Waals surface area contributed by atoms with Crippen molar-refractivity contribution in [3.63, 3.8) is 0 Å². The molecule has 4 aliphatic rings. The molecule has 5 rings (SSSR count). The number of hydrogen-bond donors (Lipinski definition) is 3. The van der Waals surface area contributed by atoms with Crippen molar-refractivity contribution in [2.24, 2.45) is 28.6 Å². The van der Waals surface area contributed by atoms with Crippen molar-refractivity contribution in [2.75, 3.05) is 5.32 Å². The van der Waals surface area contributed by atoms with Crippen LogP contribution in [0.4, 0.5) is 5.69 Å². The summed E-state index contributed by atoms with van der Waals surface area (Å²) in [6.45, 7) is 4.23. The van der Waals surface area contributed by atoms with Gasteiger partial charge in [0.15, 0.2) is 5.78 Å². The standard InChI is InChI=1S/C26H33NO4/c1-25-11-9-16(28)13-15(25)7-8-17-19(25)10-12-26(2,24(30)31)20(17)14-22-23(29)18-5-3-4-6-21(18)27-22/h3-7,16-17,19-20,22,27-28H,8-14H2,1-2H3,(H,30,31)/t16-,17+,19-,20+,22+,25+,26+/m0/s1. The molecule has 0 unspecified atom stereocenters. The fourth-order valence-corrected chi connectivity index (χ4v) is 7.35. The van der Waals surface area contributed by atoms with E-state index < -0.39 is 11.4 Å². The second kappa shape index (κ2) is 7.19. The highest BCUT2D eigenvalue weighted by Crippen LogP contribution is 2.62. The minimum absolute atomic E-state index is 0.0380. The molecule has 0 radical (unpaired) electrons. The number of aliphatic carboxylic acids is 1. The van der Waals surface area contributed by atoms with Gasteiger partial charge in [-0.05, 0) is 87.2 Å². The number of rotatable bonds is 3. The van der Waals surface area contributed by atoms with Crippen molar-refractivity contribution >= 4 is 17.4 Å². The second-order valence-electron chi connectivity index (χ2n) is 10.8. The SMILES string of the molecule is C[C@@]1(C(=O)O)CC[C@H]2[C@@H](CC=C3C[C@@H](O)CC[C@]32C)[C@H]1C[C@H]1Nc2ccccc2C1=O. The van der Waals surface area contributed by atoms with Crippen LogP contribution in [-0.4, -0.2) is 34.1 Å². The van der Waals surface area contributed by atoms with Gasteiger partial charge in [-0.25, -0.2) is 0 Å². The van der Waals surface area contributed by atoms with E-state index in [4.69, 9.17) is 0 Å². The highest BCUT2D eigenvalue weighted by molar-refractivity contribution is 6.10. The molecule has 1 aromatic rings. The summed E-state index contributed by atoms with van der Waals surface area (Å²) in [5.74, 6) is -0.0585. The van der Waals surface area contributed by atoms with Gasteiger partial charge < -0.3 is 15.5 Å². The number of para-hydroxylation sites is 1. The molecule has 2 fully saturated rings. The molecule has 166 valence electrons. The van der Waals surface area contributed by atoms with Gasteiger partial charge in [0.25, 0.3) is 0 Å². The molecule has 1 aliphatic heterocycles. The molecule has 1 aromatic carbocycles. The van der Waals surface area contributed by atoms with Crippen LogP contribution in [0.3, 0.4) is 0 Å². The molecule has 0 aromatic heterocycles. The van der Waals surface area contributed by atoms with Crippen LogP contribution < -0.4 is 5.32 Å². The lowest BCUT2D eigenvalue weighted by molar-refractivity contribution is -0.161. The maximum atomic E-state index is 13.1. The molecule has 0 saturated heterocycles. The van der Waals surface area contributed by atoms with Crippen LogP contribution in [0, 0.1) is 28.6 Å². The highest BCUT2D eigenvalue weighted by Gasteiger charge is 2.57. The van der Waals surface area contributed by atoms with Crippen LogP contribution in [0.1, 0.15) is 69.2 Å². The van der Waals surface area contributed by atoms with Gasteiger partial charge in [0, 0.05) is 11.3 Å². The number of aliphatic hydroxyl groups excluding tert-OH is 1. The Labute approximate surface area is 183 Å². The van der Waals surface area contributed by atoms with E-state index in [1.54, 1.807) is 0 Å². The van der Waals surface area contributed by atoms with Crippen molar-refractivity contribution in [2.45, 2.75) is 70.9 Å². The number of allylic oxidation sites excluding steroid dienone is 1. The summed E-state index contributed by atoms with van der Waals surface area (Å²) >= 11 is 0. The number of aliphatic hydroxyl groups is 1. The molecule has 31 heavy (non-hydrogen) atoms. The fourth-order valence-electron chi connectivity index (χ4n) is 7.35. The van der Waals surface area contributed by atoms with Crippen molar-refractivity contribution in [1.29, 1.82) is 0 Å². The van der Waals surface area contributed by atoms with Gasteiger partial charge in [-0.3, -0.25) is 9.59 Å². The number of fused-ring (bicyclic) bond motifs is 4. The zero-order valence-corrected chi connectivity index (χ0v) is 18.4. The predicted octanol–water partition coefficient (Wildman–Crippen LogP) is 4.67. The van der Waals surface area contributed by atoms with Crippen LogP contribution in [0.5, 0.6) is 0 Å². The van der Waals surface area contributed by atoms with Crippen molar-refractivity contribution in [1.82, 2.24) is 0 Å². The van der Waals surface area contributed by atoms with Gasteiger partial charge in [0.05, 0.1) is 17.6 Å². The average molecular weight is 424 g/mol. The third kappa shape index (κ3) is 3.07.